The number of hydrogen-bond acceptors (Lipinski definition) is 10. The van der Waals surface area contributed by atoms with E-state index in [1.54, 1.807) is 12.5 Å². The number of allylic oxidation sites excluding steroid dienone is 2. The van der Waals surface area contributed by atoms with E-state index in [0.717, 1.165) is 44.9 Å². The molecule has 17 atom stereocenters. The third kappa shape index (κ3) is 3.73. The van der Waals surface area contributed by atoms with Gasteiger partial charge in [-0.15, -0.1) is 0 Å². The van der Waals surface area contributed by atoms with Gasteiger partial charge in [0.25, 0.3) is 0 Å². The van der Waals surface area contributed by atoms with Gasteiger partial charge in [-0.05, 0) is 74.0 Å². The van der Waals surface area contributed by atoms with E-state index in [-0.39, 0.29) is 75.6 Å². The molecule has 5 aliphatic carbocycles. The third-order valence-electron chi connectivity index (χ3n) is 16.0. The summed E-state index contributed by atoms with van der Waals surface area (Å²) in [7, 11) is 0. The van der Waals surface area contributed by atoms with E-state index < -0.39 is 30.4 Å². The van der Waals surface area contributed by atoms with Gasteiger partial charge in [0.15, 0.2) is 12.1 Å². The lowest BCUT2D eigenvalue weighted by Gasteiger charge is -2.62. The number of hydrogen-bond donors (Lipinski definition) is 3. The minimum Gasteiger partial charge on any atom is -0.462 e. The van der Waals surface area contributed by atoms with Gasteiger partial charge in [0.2, 0.25) is 0 Å². The Labute approximate surface area is 277 Å². The zero-order valence-corrected chi connectivity index (χ0v) is 29.0. The van der Waals surface area contributed by atoms with Crippen LogP contribution in [0, 0.1) is 44.8 Å². The van der Waals surface area contributed by atoms with Crippen LogP contribution in [0.3, 0.4) is 0 Å². The van der Waals surface area contributed by atoms with E-state index >= 15 is 0 Å². The fourth-order valence-electron chi connectivity index (χ4n) is 13.7. The summed E-state index contributed by atoms with van der Waals surface area (Å²) in [6, 6.07) is 0. The van der Waals surface area contributed by atoms with Gasteiger partial charge >= 0.3 is 5.97 Å². The molecule has 3 N–H and O–H groups in total. The summed E-state index contributed by atoms with van der Waals surface area (Å²) in [5.41, 5.74) is 0.598. The molecule has 4 saturated heterocycles. The number of aliphatic hydroxyl groups is 3. The Kier molecular flexibility index (Phi) is 6.37. The van der Waals surface area contributed by atoms with Crippen molar-refractivity contribution in [1.82, 2.24) is 0 Å². The standard InChI is InChI=1S/C37H54O10/c1-18-12-37(30-33(6,47-30)17-43-37)46-21-13-32(5)23-9-8-22-31(3,4)24(45-29-28(41)27(40)20(39)15-42-29)10-11-35(22)16-36(23,35)14-25(44-19(2)38)34(32,7)26(18)21/h9,18,20-22,24-30,39-41H,8,10-17H2,1-7H3/t18-,20-,21+,22+,24+,25-,26+,27+,28-,29+,30-,32+,33-,34-,35-,36+,37+/m1/s1. The minimum atomic E-state index is -1.31. The fourth-order valence-corrected chi connectivity index (χ4v) is 13.7. The summed E-state index contributed by atoms with van der Waals surface area (Å²) >= 11 is 0. The van der Waals surface area contributed by atoms with Crippen molar-refractivity contribution in [2.24, 2.45) is 44.8 Å². The van der Waals surface area contributed by atoms with Crippen LogP contribution >= 0.6 is 0 Å². The first-order valence-electron chi connectivity index (χ1n) is 18.2. The average molecular weight is 659 g/mol. The number of carbonyl (C=O) groups is 1. The first-order chi connectivity index (χ1) is 22.0. The third-order valence-corrected chi connectivity index (χ3v) is 16.0. The number of aliphatic hydroxyl groups excluding tert-OH is 3. The molecule has 0 bridgehead atoms. The van der Waals surface area contributed by atoms with Crippen LogP contribution in [0.25, 0.3) is 0 Å². The highest BCUT2D eigenvalue weighted by molar-refractivity contribution is 5.66. The van der Waals surface area contributed by atoms with E-state index in [2.05, 4.69) is 47.6 Å². The van der Waals surface area contributed by atoms with Crippen LogP contribution in [0.1, 0.15) is 93.4 Å². The van der Waals surface area contributed by atoms with Gasteiger partial charge in [0.1, 0.15) is 36.1 Å². The molecule has 3 spiro atoms. The molecule has 8 fully saturated rings. The normalized spacial score (nSPS) is 61.1. The quantitative estimate of drug-likeness (QED) is 0.234. The summed E-state index contributed by atoms with van der Waals surface area (Å²) in [5, 5.41) is 30.9. The molecule has 0 radical (unpaired) electrons. The van der Waals surface area contributed by atoms with Crippen LogP contribution in [0.15, 0.2) is 11.6 Å². The van der Waals surface area contributed by atoms with Crippen LogP contribution in [0.5, 0.6) is 0 Å². The Balaban J connectivity index is 1.06. The van der Waals surface area contributed by atoms with Gasteiger partial charge in [-0.25, -0.2) is 0 Å². The Morgan fingerprint density at radius 1 is 1.00 bits per heavy atom. The molecule has 9 aliphatic rings. The maximum absolute atomic E-state index is 12.9. The number of carbonyl (C=O) groups excluding carboxylic acids is 1. The summed E-state index contributed by atoms with van der Waals surface area (Å²) in [6.45, 7) is 15.9. The molecule has 10 heteroatoms. The van der Waals surface area contributed by atoms with Crippen molar-refractivity contribution < 1.29 is 48.5 Å². The van der Waals surface area contributed by atoms with Crippen molar-refractivity contribution in [3.05, 3.63) is 11.6 Å². The Morgan fingerprint density at radius 2 is 1.77 bits per heavy atom. The number of rotatable bonds is 3. The second-order valence-electron chi connectivity index (χ2n) is 18.5. The summed E-state index contributed by atoms with van der Waals surface area (Å²) in [6.07, 6.45) is 3.70. The lowest BCUT2D eigenvalue weighted by Crippen LogP contribution is -2.61. The Bertz CT molecular complexity index is 1410. The Morgan fingerprint density at radius 3 is 2.45 bits per heavy atom. The van der Waals surface area contributed by atoms with E-state index in [9.17, 15) is 20.1 Å². The summed E-state index contributed by atoms with van der Waals surface area (Å²) < 4.78 is 38.3. The fraction of sp³-hybridized carbons (Fsp3) is 0.919. The zero-order chi connectivity index (χ0) is 33.3. The lowest BCUT2D eigenvalue weighted by molar-refractivity contribution is -0.307. The van der Waals surface area contributed by atoms with Crippen molar-refractivity contribution >= 4 is 5.97 Å². The zero-order valence-electron chi connectivity index (χ0n) is 29.0. The summed E-state index contributed by atoms with van der Waals surface area (Å²) in [5.74, 6) is -0.0424. The minimum absolute atomic E-state index is 0.0156. The van der Waals surface area contributed by atoms with Gasteiger partial charge < -0.3 is 43.7 Å². The SMILES string of the molecule is CC(=O)O[C@@H]1C[C@@]23C[C@@]24CC[C@H](O[C@@H]2OC[C@@H](O)[C@H](O)[C@H]2O)C(C)(C)[C@@H]4CC=C3[C@]2(C)C[C@@H]3O[C@]4(C[C@@H](C)[C@@H]3[C@@]12C)OC[C@@]1(C)O[C@@H]41. The number of ether oxygens (including phenoxy) is 6. The monoisotopic (exact) mass is 658 g/mol. The van der Waals surface area contributed by atoms with Crippen molar-refractivity contribution in [3.8, 4) is 0 Å². The first kappa shape index (κ1) is 31.8. The Hall–Kier alpha value is -1.11. The van der Waals surface area contributed by atoms with Crippen molar-refractivity contribution in [3.63, 3.8) is 0 Å². The molecule has 9 rings (SSSR count). The molecule has 0 aromatic heterocycles. The van der Waals surface area contributed by atoms with Crippen LogP contribution in [0.4, 0.5) is 0 Å². The number of epoxide rings is 1. The van der Waals surface area contributed by atoms with Crippen LogP contribution < -0.4 is 0 Å². The highest BCUT2D eigenvalue weighted by Gasteiger charge is 2.85. The second kappa shape index (κ2) is 9.40. The first-order valence-corrected chi connectivity index (χ1v) is 18.2. The molecule has 0 aromatic carbocycles. The van der Waals surface area contributed by atoms with Crippen LogP contribution in [0.2, 0.25) is 0 Å². The molecule has 4 aliphatic heterocycles. The highest BCUT2D eigenvalue weighted by atomic mass is 16.8. The van der Waals surface area contributed by atoms with E-state index in [1.165, 1.54) is 0 Å². The molecular weight excluding hydrogens is 604 g/mol. The van der Waals surface area contributed by atoms with Crippen LogP contribution in [-0.2, 0) is 33.2 Å². The molecule has 0 aromatic rings. The van der Waals surface area contributed by atoms with Crippen LogP contribution in [-0.4, -0.2) is 94.9 Å². The maximum Gasteiger partial charge on any atom is 0.302 e. The molecule has 0 unspecified atom stereocenters. The van der Waals surface area contributed by atoms with Crippen molar-refractivity contribution in [2.45, 2.75) is 154 Å². The predicted molar refractivity (Wildman–Crippen MR) is 166 cm³/mol. The predicted octanol–water partition coefficient (Wildman–Crippen LogP) is 3.63. The lowest BCUT2D eigenvalue weighted by atomic mass is 9.44. The largest absolute Gasteiger partial charge is 0.462 e. The van der Waals surface area contributed by atoms with Gasteiger partial charge in [0, 0.05) is 29.6 Å². The number of fused-ring (bicyclic) bond motifs is 6. The second-order valence-corrected chi connectivity index (χ2v) is 18.5. The van der Waals surface area contributed by atoms with Gasteiger partial charge in [-0.3, -0.25) is 4.79 Å². The summed E-state index contributed by atoms with van der Waals surface area (Å²) in [4.78, 5) is 12.9. The van der Waals surface area contributed by atoms with Crippen molar-refractivity contribution in [1.29, 1.82) is 0 Å². The smallest absolute Gasteiger partial charge is 0.302 e. The highest BCUT2D eigenvalue weighted by Crippen LogP contribution is 2.88. The molecule has 47 heavy (non-hydrogen) atoms. The van der Waals surface area contributed by atoms with E-state index in [0.29, 0.717) is 18.4 Å². The van der Waals surface area contributed by atoms with Crippen molar-refractivity contribution in [2.75, 3.05) is 13.2 Å². The molecular formula is C37H54O10. The topological polar surface area (TPSA) is 136 Å². The van der Waals surface area contributed by atoms with E-state index in [4.69, 9.17) is 28.4 Å². The van der Waals surface area contributed by atoms with E-state index in [1.807, 2.05) is 0 Å². The van der Waals surface area contributed by atoms with Gasteiger partial charge in [-0.1, -0.05) is 46.3 Å². The van der Waals surface area contributed by atoms with Gasteiger partial charge in [0.05, 0.1) is 25.4 Å². The van der Waals surface area contributed by atoms with Gasteiger partial charge in [-0.2, -0.15) is 0 Å². The molecule has 262 valence electrons. The average Bonchev–Trinajstić information content (AvgIpc) is 3.81. The molecule has 0 amide bonds. The molecule has 10 nitrogen and oxygen atoms in total. The maximum atomic E-state index is 12.9. The molecule has 4 saturated carbocycles. The molecule has 4 heterocycles. The number of esters is 1.